The van der Waals surface area contributed by atoms with Crippen LogP contribution in [0.4, 0.5) is 19.1 Å². The smallest absolute Gasteiger partial charge is 0.392 e. The van der Waals surface area contributed by atoms with Gasteiger partial charge < -0.3 is 10.1 Å². The Morgan fingerprint density at radius 3 is 2.70 bits per heavy atom. The van der Waals surface area contributed by atoms with E-state index in [4.69, 9.17) is 4.74 Å². The molecule has 2 aromatic rings. The van der Waals surface area contributed by atoms with E-state index < -0.39 is 19.2 Å². The first kappa shape index (κ1) is 14.0. The highest BCUT2D eigenvalue weighted by Gasteiger charge is 2.27. The monoisotopic (exact) mass is 288 g/mol. The number of alkyl halides is 3. The molecule has 0 amide bonds. The lowest BCUT2D eigenvalue weighted by atomic mass is 10.4. The van der Waals surface area contributed by atoms with Crippen LogP contribution in [0.25, 0.3) is 5.95 Å². The number of anilines is 1. The fourth-order valence-corrected chi connectivity index (χ4v) is 1.27. The Hall–Kier alpha value is -2.39. The summed E-state index contributed by atoms with van der Waals surface area (Å²) in [7, 11) is 1.57. The Morgan fingerprint density at radius 1 is 1.30 bits per heavy atom. The molecule has 7 nitrogen and oxygen atoms in total. The van der Waals surface area contributed by atoms with E-state index in [1.54, 1.807) is 19.3 Å². The summed E-state index contributed by atoms with van der Waals surface area (Å²) in [6, 6.07) is 1.46. The van der Waals surface area contributed by atoms with Crippen molar-refractivity contribution < 1.29 is 17.9 Å². The quantitative estimate of drug-likeness (QED) is 0.896. The number of hydrogen-bond donors (Lipinski definition) is 1. The molecule has 0 unspecified atom stereocenters. The predicted octanol–water partition coefficient (Wildman–Crippen LogP) is 1.43. The number of ether oxygens (including phenoxy) is 1. The van der Waals surface area contributed by atoms with Gasteiger partial charge in [0.05, 0.1) is 6.42 Å². The van der Waals surface area contributed by atoms with Crippen LogP contribution in [0.3, 0.4) is 0 Å². The zero-order chi connectivity index (χ0) is 14.6. The Balaban J connectivity index is 2.14. The number of nitrogens with zero attached hydrogens (tertiary/aromatic N) is 5. The summed E-state index contributed by atoms with van der Waals surface area (Å²) in [5.74, 6) is 0.323. The normalized spacial score (nSPS) is 11.4. The van der Waals surface area contributed by atoms with Crippen LogP contribution in [-0.4, -0.2) is 44.6 Å². The summed E-state index contributed by atoms with van der Waals surface area (Å²) < 4.78 is 42.4. The minimum atomic E-state index is -4.29. The summed E-state index contributed by atoms with van der Waals surface area (Å²) in [6.07, 6.45) is -2.25. The third-order valence-corrected chi connectivity index (χ3v) is 2.15. The molecule has 0 radical (unpaired) electrons. The molecule has 0 fully saturated rings. The van der Waals surface area contributed by atoms with Gasteiger partial charge in [-0.15, -0.1) is 0 Å². The second-order valence-corrected chi connectivity index (χ2v) is 3.66. The van der Waals surface area contributed by atoms with Crippen molar-refractivity contribution in [1.29, 1.82) is 0 Å². The zero-order valence-electron chi connectivity index (χ0n) is 10.4. The molecule has 0 aliphatic carbocycles. The molecular formula is C10H11F3N6O. The Labute approximate surface area is 111 Å². The topological polar surface area (TPSA) is 77.8 Å². The standard InChI is InChI=1S/C10H11F3N6O/c1-14-7-16-8(19-5-2-4-15-19)18-9(17-7)20-6-3-10(11,12)13/h2,4-5H,3,6H2,1H3,(H,14,16,17,18). The largest absolute Gasteiger partial charge is 0.463 e. The summed E-state index contributed by atoms with van der Waals surface area (Å²) in [5.41, 5.74) is 0. The number of aromatic nitrogens is 5. The van der Waals surface area contributed by atoms with Crippen LogP contribution in [0.5, 0.6) is 6.01 Å². The Morgan fingerprint density at radius 2 is 2.10 bits per heavy atom. The molecule has 0 spiro atoms. The van der Waals surface area contributed by atoms with E-state index in [0.29, 0.717) is 0 Å². The maximum atomic E-state index is 12.0. The minimum absolute atomic E-state index is 0.149. The molecule has 0 aliphatic heterocycles. The van der Waals surface area contributed by atoms with Crippen LogP contribution in [-0.2, 0) is 0 Å². The van der Waals surface area contributed by atoms with Gasteiger partial charge in [-0.1, -0.05) is 0 Å². The van der Waals surface area contributed by atoms with Gasteiger partial charge in [-0.2, -0.15) is 33.2 Å². The lowest BCUT2D eigenvalue weighted by Gasteiger charge is -2.09. The average molecular weight is 288 g/mol. The van der Waals surface area contributed by atoms with Crippen molar-refractivity contribution in [3.8, 4) is 12.0 Å². The SMILES string of the molecule is CNc1nc(OCCC(F)(F)F)nc(-n2cccn2)n1. The summed E-state index contributed by atoms with van der Waals surface area (Å²) in [6.45, 7) is -0.560. The van der Waals surface area contributed by atoms with E-state index in [0.717, 1.165) is 0 Å². The van der Waals surface area contributed by atoms with Gasteiger partial charge in [0, 0.05) is 19.4 Å². The molecule has 0 saturated carbocycles. The number of nitrogens with one attached hydrogen (secondary N) is 1. The van der Waals surface area contributed by atoms with Crippen molar-refractivity contribution in [2.24, 2.45) is 0 Å². The average Bonchev–Trinajstić information content (AvgIpc) is 2.90. The van der Waals surface area contributed by atoms with Crippen LogP contribution < -0.4 is 10.1 Å². The predicted molar refractivity (Wildman–Crippen MR) is 62.7 cm³/mol. The van der Waals surface area contributed by atoms with Crippen molar-refractivity contribution in [2.75, 3.05) is 19.0 Å². The highest BCUT2D eigenvalue weighted by atomic mass is 19.4. The number of halogens is 3. The van der Waals surface area contributed by atoms with E-state index in [-0.39, 0.29) is 17.9 Å². The molecule has 1 N–H and O–H groups in total. The first-order valence-electron chi connectivity index (χ1n) is 5.61. The van der Waals surface area contributed by atoms with Gasteiger partial charge in [0.2, 0.25) is 5.95 Å². The van der Waals surface area contributed by atoms with Crippen molar-refractivity contribution in [1.82, 2.24) is 24.7 Å². The Bertz CT molecular complexity index is 557. The molecule has 108 valence electrons. The molecule has 2 rings (SSSR count). The Kier molecular flexibility index (Phi) is 4.01. The first-order chi connectivity index (χ1) is 9.48. The molecule has 2 heterocycles. The first-order valence-corrected chi connectivity index (χ1v) is 5.61. The van der Waals surface area contributed by atoms with Crippen molar-refractivity contribution in [3.63, 3.8) is 0 Å². The van der Waals surface area contributed by atoms with Gasteiger partial charge in [0.1, 0.15) is 6.61 Å². The highest BCUT2D eigenvalue weighted by molar-refractivity contribution is 5.28. The lowest BCUT2D eigenvalue weighted by molar-refractivity contribution is -0.139. The molecule has 0 aromatic carbocycles. The molecule has 0 saturated heterocycles. The van der Waals surface area contributed by atoms with Crippen LogP contribution in [0.15, 0.2) is 18.5 Å². The van der Waals surface area contributed by atoms with Crippen LogP contribution in [0.2, 0.25) is 0 Å². The molecule has 0 atom stereocenters. The van der Waals surface area contributed by atoms with E-state index in [9.17, 15) is 13.2 Å². The fourth-order valence-electron chi connectivity index (χ4n) is 1.27. The van der Waals surface area contributed by atoms with Crippen LogP contribution in [0.1, 0.15) is 6.42 Å². The van der Waals surface area contributed by atoms with Crippen LogP contribution >= 0.6 is 0 Å². The molecule has 10 heteroatoms. The molecule has 0 aliphatic rings. The summed E-state index contributed by atoms with van der Waals surface area (Å²) in [5, 5.41) is 6.59. The zero-order valence-corrected chi connectivity index (χ0v) is 10.4. The van der Waals surface area contributed by atoms with Gasteiger partial charge in [-0.3, -0.25) is 0 Å². The summed E-state index contributed by atoms with van der Waals surface area (Å²) >= 11 is 0. The maximum absolute atomic E-state index is 12.0. The van der Waals surface area contributed by atoms with Crippen molar-refractivity contribution in [2.45, 2.75) is 12.6 Å². The highest BCUT2D eigenvalue weighted by Crippen LogP contribution is 2.19. The van der Waals surface area contributed by atoms with E-state index in [1.165, 1.54) is 10.9 Å². The molecule has 20 heavy (non-hydrogen) atoms. The van der Waals surface area contributed by atoms with E-state index in [2.05, 4.69) is 25.4 Å². The van der Waals surface area contributed by atoms with Gasteiger partial charge in [0.15, 0.2) is 0 Å². The molecule has 0 bridgehead atoms. The van der Waals surface area contributed by atoms with E-state index in [1.807, 2.05) is 0 Å². The number of hydrogen-bond acceptors (Lipinski definition) is 6. The van der Waals surface area contributed by atoms with Gasteiger partial charge >= 0.3 is 12.2 Å². The van der Waals surface area contributed by atoms with Crippen LogP contribution in [0, 0.1) is 0 Å². The molecule has 2 aromatic heterocycles. The third-order valence-electron chi connectivity index (χ3n) is 2.15. The third kappa shape index (κ3) is 3.80. The van der Waals surface area contributed by atoms with Gasteiger partial charge in [-0.25, -0.2) is 4.68 Å². The minimum Gasteiger partial charge on any atom is -0.463 e. The van der Waals surface area contributed by atoms with E-state index >= 15 is 0 Å². The lowest BCUT2D eigenvalue weighted by Crippen LogP contribution is -2.15. The fraction of sp³-hybridized carbons (Fsp3) is 0.400. The maximum Gasteiger partial charge on any atom is 0.392 e. The van der Waals surface area contributed by atoms with Crippen molar-refractivity contribution >= 4 is 5.95 Å². The van der Waals surface area contributed by atoms with Gasteiger partial charge in [0.25, 0.3) is 5.95 Å². The van der Waals surface area contributed by atoms with Crippen molar-refractivity contribution in [3.05, 3.63) is 18.5 Å². The second-order valence-electron chi connectivity index (χ2n) is 3.66. The van der Waals surface area contributed by atoms with Gasteiger partial charge in [-0.05, 0) is 6.07 Å². The molecular weight excluding hydrogens is 277 g/mol. The second kappa shape index (κ2) is 5.72. The number of rotatable bonds is 5. The summed E-state index contributed by atoms with van der Waals surface area (Å²) in [4.78, 5) is 11.7.